The molecule has 0 saturated carbocycles. The fourth-order valence-corrected chi connectivity index (χ4v) is 1.58. The monoisotopic (exact) mass is 245 g/mol. The normalized spacial score (nSPS) is 10.1. The highest BCUT2D eigenvalue weighted by Gasteiger charge is 2.07. The van der Waals surface area contributed by atoms with Gasteiger partial charge in [-0.2, -0.15) is 0 Å². The first-order valence-corrected chi connectivity index (χ1v) is 5.22. The summed E-state index contributed by atoms with van der Waals surface area (Å²) in [6.45, 7) is 0. The second kappa shape index (κ2) is 4.75. The summed E-state index contributed by atoms with van der Waals surface area (Å²) in [6, 6.07) is 9.34. The number of hydrogen-bond acceptors (Lipinski definition) is 3. The van der Waals surface area contributed by atoms with Crippen molar-refractivity contribution in [2.45, 2.75) is 0 Å². The summed E-state index contributed by atoms with van der Waals surface area (Å²) < 4.78 is 6.33. The standard InChI is InChI=1S/C13H11NO4/c1-18-11-4-2-3-10(7-11)14-8-9(13(16)17)5-6-12(14)15/h2-8H,1H3,(H,16,17). The van der Waals surface area contributed by atoms with Crippen molar-refractivity contribution < 1.29 is 14.6 Å². The number of nitrogens with zero attached hydrogens (tertiary/aromatic N) is 1. The molecule has 0 unspecified atom stereocenters. The number of methoxy groups -OCH3 is 1. The second-order valence-electron chi connectivity index (χ2n) is 3.63. The van der Waals surface area contributed by atoms with Crippen LogP contribution in [0.3, 0.4) is 0 Å². The Bertz CT molecular complexity index is 645. The highest BCUT2D eigenvalue weighted by molar-refractivity contribution is 5.87. The van der Waals surface area contributed by atoms with Gasteiger partial charge < -0.3 is 9.84 Å². The number of rotatable bonds is 3. The lowest BCUT2D eigenvalue weighted by Crippen LogP contribution is -2.18. The maximum absolute atomic E-state index is 11.7. The van der Waals surface area contributed by atoms with E-state index in [0.29, 0.717) is 11.4 Å². The molecule has 1 aromatic heterocycles. The van der Waals surface area contributed by atoms with E-state index in [1.54, 1.807) is 24.3 Å². The molecule has 5 heteroatoms. The Morgan fingerprint density at radius 3 is 2.72 bits per heavy atom. The molecule has 0 atom stereocenters. The minimum Gasteiger partial charge on any atom is -0.497 e. The Kier molecular flexibility index (Phi) is 3.14. The zero-order valence-corrected chi connectivity index (χ0v) is 9.66. The van der Waals surface area contributed by atoms with Crippen LogP contribution in [0.1, 0.15) is 10.4 Å². The van der Waals surface area contributed by atoms with Crippen molar-refractivity contribution in [2.24, 2.45) is 0 Å². The number of ether oxygens (including phenoxy) is 1. The first-order valence-electron chi connectivity index (χ1n) is 5.22. The van der Waals surface area contributed by atoms with Crippen molar-refractivity contribution in [3.63, 3.8) is 0 Å². The van der Waals surface area contributed by atoms with Gasteiger partial charge in [0.1, 0.15) is 5.75 Å². The third-order valence-corrected chi connectivity index (χ3v) is 2.49. The third kappa shape index (κ3) is 2.24. The minimum atomic E-state index is -1.08. The SMILES string of the molecule is COc1cccc(-n2cc(C(=O)O)ccc2=O)c1. The van der Waals surface area contributed by atoms with Crippen LogP contribution in [0.5, 0.6) is 5.75 Å². The van der Waals surface area contributed by atoms with Crippen molar-refractivity contribution >= 4 is 5.97 Å². The maximum atomic E-state index is 11.7. The van der Waals surface area contributed by atoms with Crippen molar-refractivity contribution in [1.82, 2.24) is 4.57 Å². The van der Waals surface area contributed by atoms with Crippen molar-refractivity contribution in [1.29, 1.82) is 0 Å². The van der Waals surface area contributed by atoms with Crippen molar-refractivity contribution in [2.75, 3.05) is 7.11 Å². The molecule has 2 aromatic rings. The number of aromatic carboxylic acids is 1. The molecule has 18 heavy (non-hydrogen) atoms. The number of pyridine rings is 1. The Hall–Kier alpha value is -2.56. The molecule has 0 saturated heterocycles. The van der Waals surface area contributed by atoms with Crippen molar-refractivity contribution in [3.8, 4) is 11.4 Å². The van der Waals surface area contributed by atoms with E-state index in [9.17, 15) is 9.59 Å². The van der Waals surface area contributed by atoms with Gasteiger partial charge in [0, 0.05) is 18.3 Å². The van der Waals surface area contributed by atoms with Gasteiger partial charge in [-0.05, 0) is 18.2 Å². The average molecular weight is 245 g/mol. The lowest BCUT2D eigenvalue weighted by molar-refractivity contribution is 0.0696. The Morgan fingerprint density at radius 1 is 1.28 bits per heavy atom. The molecular weight excluding hydrogens is 234 g/mol. The fourth-order valence-electron chi connectivity index (χ4n) is 1.58. The van der Waals surface area contributed by atoms with Gasteiger partial charge in [-0.25, -0.2) is 4.79 Å². The van der Waals surface area contributed by atoms with Crippen LogP contribution in [0.4, 0.5) is 0 Å². The van der Waals surface area contributed by atoms with E-state index in [-0.39, 0.29) is 11.1 Å². The van der Waals surface area contributed by atoms with E-state index < -0.39 is 5.97 Å². The van der Waals surface area contributed by atoms with E-state index in [2.05, 4.69) is 0 Å². The molecule has 0 aliphatic heterocycles. The lowest BCUT2D eigenvalue weighted by atomic mass is 10.2. The van der Waals surface area contributed by atoms with Gasteiger partial charge in [0.05, 0.1) is 18.4 Å². The maximum Gasteiger partial charge on any atom is 0.337 e. The predicted molar refractivity (Wildman–Crippen MR) is 65.6 cm³/mol. The van der Waals surface area contributed by atoms with Crippen LogP contribution in [0.2, 0.25) is 0 Å². The summed E-state index contributed by atoms with van der Waals surface area (Å²) >= 11 is 0. The van der Waals surface area contributed by atoms with Gasteiger partial charge in [0.25, 0.3) is 5.56 Å². The highest BCUT2D eigenvalue weighted by Crippen LogP contribution is 2.15. The van der Waals surface area contributed by atoms with Crippen LogP contribution in [0.25, 0.3) is 5.69 Å². The van der Waals surface area contributed by atoms with Crippen LogP contribution in [0, 0.1) is 0 Å². The summed E-state index contributed by atoms with van der Waals surface area (Å²) in [5.74, 6) is -0.480. The van der Waals surface area contributed by atoms with Crippen molar-refractivity contribution in [3.05, 3.63) is 58.5 Å². The summed E-state index contributed by atoms with van der Waals surface area (Å²) in [6.07, 6.45) is 1.29. The van der Waals surface area contributed by atoms with Gasteiger partial charge in [-0.1, -0.05) is 6.07 Å². The number of carboxylic acids is 1. The average Bonchev–Trinajstić information content (AvgIpc) is 2.39. The molecule has 1 aromatic carbocycles. The van der Waals surface area contributed by atoms with Crippen LogP contribution in [0.15, 0.2) is 47.4 Å². The van der Waals surface area contributed by atoms with Crippen LogP contribution < -0.4 is 10.3 Å². The van der Waals surface area contributed by atoms with Gasteiger partial charge in [-0.3, -0.25) is 9.36 Å². The van der Waals surface area contributed by atoms with Gasteiger partial charge in [-0.15, -0.1) is 0 Å². The fraction of sp³-hybridized carbons (Fsp3) is 0.0769. The lowest BCUT2D eigenvalue weighted by Gasteiger charge is -2.08. The number of hydrogen-bond donors (Lipinski definition) is 1. The first kappa shape index (κ1) is 11.9. The number of carboxylic acid groups (broad SMARTS) is 1. The Balaban J connectivity index is 2.58. The molecule has 0 bridgehead atoms. The number of benzene rings is 1. The highest BCUT2D eigenvalue weighted by atomic mass is 16.5. The molecule has 5 nitrogen and oxygen atoms in total. The van der Waals surface area contributed by atoms with E-state index >= 15 is 0 Å². The number of aromatic nitrogens is 1. The van der Waals surface area contributed by atoms with Gasteiger partial charge >= 0.3 is 5.97 Å². The van der Waals surface area contributed by atoms with E-state index in [1.165, 1.54) is 30.0 Å². The summed E-state index contributed by atoms with van der Waals surface area (Å²) in [5, 5.41) is 8.91. The zero-order valence-electron chi connectivity index (χ0n) is 9.66. The Labute approximate surface area is 103 Å². The molecule has 1 heterocycles. The molecule has 2 rings (SSSR count). The predicted octanol–water partition coefficient (Wildman–Crippen LogP) is 1.54. The van der Waals surface area contributed by atoms with Crippen LogP contribution in [-0.4, -0.2) is 22.8 Å². The molecule has 1 N–H and O–H groups in total. The van der Waals surface area contributed by atoms with Gasteiger partial charge in [0.2, 0.25) is 0 Å². The molecule has 0 amide bonds. The molecule has 0 aliphatic rings. The molecule has 0 fully saturated rings. The third-order valence-electron chi connectivity index (χ3n) is 2.49. The van der Waals surface area contributed by atoms with Crippen LogP contribution in [-0.2, 0) is 0 Å². The summed E-state index contributed by atoms with van der Waals surface area (Å²) in [4.78, 5) is 22.6. The van der Waals surface area contributed by atoms with Gasteiger partial charge in [0.15, 0.2) is 0 Å². The number of carbonyl (C=O) groups is 1. The summed E-state index contributed by atoms with van der Waals surface area (Å²) in [7, 11) is 1.52. The van der Waals surface area contributed by atoms with Crippen LogP contribution >= 0.6 is 0 Å². The molecule has 0 radical (unpaired) electrons. The first-order chi connectivity index (χ1) is 8.61. The van der Waals surface area contributed by atoms with E-state index in [4.69, 9.17) is 9.84 Å². The quantitative estimate of drug-likeness (QED) is 0.890. The molecular formula is C13H11NO4. The largest absolute Gasteiger partial charge is 0.497 e. The molecule has 92 valence electrons. The topological polar surface area (TPSA) is 68.5 Å². The van der Waals surface area contributed by atoms with E-state index in [1.807, 2.05) is 0 Å². The minimum absolute atomic E-state index is 0.0532. The zero-order chi connectivity index (χ0) is 13.1. The second-order valence-corrected chi connectivity index (χ2v) is 3.63. The molecule has 0 aliphatic carbocycles. The molecule has 0 spiro atoms. The Morgan fingerprint density at radius 2 is 2.06 bits per heavy atom. The summed E-state index contributed by atoms with van der Waals surface area (Å²) in [5.41, 5.74) is 0.313. The smallest absolute Gasteiger partial charge is 0.337 e. The van der Waals surface area contributed by atoms with E-state index in [0.717, 1.165) is 0 Å².